The summed E-state index contributed by atoms with van der Waals surface area (Å²) >= 11 is 3.40. The summed E-state index contributed by atoms with van der Waals surface area (Å²) in [6.45, 7) is 6.16. The smallest absolute Gasteiger partial charge is 0.264 e. The molecular formula is C31H38BrN3O4S. The highest BCUT2D eigenvalue weighted by atomic mass is 79.9. The van der Waals surface area contributed by atoms with Gasteiger partial charge in [0.25, 0.3) is 10.0 Å². The summed E-state index contributed by atoms with van der Waals surface area (Å²) in [6.07, 6.45) is 2.72. The van der Waals surface area contributed by atoms with Crippen molar-refractivity contribution in [3.05, 3.63) is 94.5 Å². The van der Waals surface area contributed by atoms with Crippen LogP contribution in [0.2, 0.25) is 0 Å². The van der Waals surface area contributed by atoms with Gasteiger partial charge in [-0.25, -0.2) is 8.42 Å². The molecular weight excluding hydrogens is 590 g/mol. The SMILES string of the molecule is CCCCNC(=O)[C@@H](CC)N(CCc1ccccc1)C(=O)CN(c1ccc(Br)cc1)S(=O)(=O)c1ccc(C)cc1. The van der Waals surface area contributed by atoms with Crippen molar-refractivity contribution in [2.45, 2.75) is 57.4 Å². The van der Waals surface area contributed by atoms with E-state index in [0.717, 1.165) is 32.7 Å². The van der Waals surface area contributed by atoms with Crippen LogP contribution in [0.25, 0.3) is 0 Å². The Hall–Kier alpha value is -3.17. The van der Waals surface area contributed by atoms with Gasteiger partial charge in [-0.1, -0.05) is 84.2 Å². The summed E-state index contributed by atoms with van der Waals surface area (Å²) in [5, 5.41) is 2.95. The zero-order chi connectivity index (χ0) is 29.1. The lowest BCUT2D eigenvalue weighted by Gasteiger charge is -2.33. The number of aryl methyl sites for hydroxylation is 1. The lowest BCUT2D eigenvalue weighted by molar-refractivity contribution is -0.139. The number of anilines is 1. The molecule has 0 fully saturated rings. The van der Waals surface area contributed by atoms with Gasteiger partial charge in [0.15, 0.2) is 0 Å². The lowest BCUT2D eigenvalue weighted by atomic mass is 10.1. The average Bonchev–Trinajstić information content (AvgIpc) is 2.95. The summed E-state index contributed by atoms with van der Waals surface area (Å²) in [5.74, 6) is -0.666. The van der Waals surface area contributed by atoms with Crippen molar-refractivity contribution in [2.24, 2.45) is 0 Å². The Kier molecular flexibility index (Phi) is 11.8. The zero-order valence-corrected chi connectivity index (χ0v) is 25.7. The van der Waals surface area contributed by atoms with Gasteiger partial charge in [-0.2, -0.15) is 0 Å². The van der Waals surface area contributed by atoms with Gasteiger partial charge in [-0.05, 0) is 68.1 Å². The predicted molar refractivity (Wildman–Crippen MR) is 164 cm³/mol. The average molecular weight is 629 g/mol. The normalized spacial score (nSPS) is 12.0. The van der Waals surface area contributed by atoms with Crippen LogP contribution in [0.4, 0.5) is 5.69 Å². The van der Waals surface area contributed by atoms with Crippen molar-refractivity contribution >= 4 is 43.5 Å². The molecule has 0 saturated carbocycles. The molecule has 40 heavy (non-hydrogen) atoms. The quantitative estimate of drug-likeness (QED) is 0.232. The van der Waals surface area contributed by atoms with Gasteiger partial charge in [0.05, 0.1) is 10.6 Å². The van der Waals surface area contributed by atoms with Crippen molar-refractivity contribution in [2.75, 3.05) is 23.9 Å². The Morgan fingerprint density at radius 2 is 1.57 bits per heavy atom. The third kappa shape index (κ3) is 8.41. The Morgan fingerprint density at radius 3 is 2.17 bits per heavy atom. The number of carbonyl (C=O) groups excluding carboxylic acids is 2. The Labute approximate surface area is 246 Å². The Balaban J connectivity index is 1.97. The number of unbranched alkanes of at least 4 members (excludes halogenated alkanes) is 1. The van der Waals surface area contributed by atoms with Crippen LogP contribution >= 0.6 is 15.9 Å². The number of rotatable bonds is 14. The number of benzene rings is 3. The van der Waals surface area contributed by atoms with Crippen molar-refractivity contribution in [3.63, 3.8) is 0 Å². The number of halogens is 1. The van der Waals surface area contributed by atoms with Crippen LogP contribution < -0.4 is 9.62 Å². The second-order valence-electron chi connectivity index (χ2n) is 9.69. The highest BCUT2D eigenvalue weighted by Crippen LogP contribution is 2.26. The van der Waals surface area contributed by atoms with E-state index in [2.05, 4.69) is 21.2 Å². The summed E-state index contributed by atoms with van der Waals surface area (Å²) in [6, 6.07) is 22.4. The van der Waals surface area contributed by atoms with Gasteiger partial charge in [-0.15, -0.1) is 0 Å². The molecule has 0 aromatic heterocycles. The Bertz CT molecular complexity index is 1350. The molecule has 3 aromatic carbocycles. The van der Waals surface area contributed by atoms with Crippen LogP contribution in [0, 0.1) is 6.92 Å². The first-order valence-corrected chi connectivity index (χ1v) is 15.9. The highest BCUT2D eigenvalue weighted by Gasteiger charge is 2.33. The van der Waals surface area contributed by atoms with Crippen molar-refractivity contribution in [1.29, 1.82) is 0 Å². The fourth-order valence-corrected chi connectivity index (χ4v) is 6.05. The van der Waals surface area contributed by atoms with E-state index in [1.54, 1.807) is 48.5 Å². The molecule has 0 unspecified atom stereocenters. The number of sulfonamides is 1. The minimum absolute atomic E-state index is 0.0917. The predicted octanol–water partition coefficient (Wildman–Crippen LogP) is 5.72. The number of hydrogen-bond donors (Lipinski definition) is 1. The molecule has 0 heterocycles. The van der Waals surface area contributed by atoms with Crippen LogP contribution in [0.1, 0.15) is 44.2 Å². The van der Waals surface area contributed by atoms with E-state index in [0.29, 0.717) is 25.1 Å². The van der Waals surface area contributed by atoms with Crippen LogP contribution in [-0.4, -0.2) is 50.8 Å². The van der Waals surface area contributed by atoms with Crippen molar-refractivity contribution in [1.82, 2.24) is 10.2 Å². The molecule has 1 atom stereocenters. The van der Waals surface area contributed by atoms with E-state index >= 15 is 0 Å². The minimum atomic E-state index is -4.08. The molecule has 0 bridgehead atoms. The lowest BCUT2D eigenvalue weighted by Crippen LogP contribution is -2.53. The maximum absolute atomic E-state index is 14.0. The number of carbonyl (C=O) groups is 2. The van der Waals surface area contributed by atoms with Crippen LogP contribution in [0.15, 0.2) is 88.2 Å². The van der Waals surface area contributed by atoms with Gasteiger partial charge < -0.3 is 10.2 Å². The van der Waals surface area contributed by atoms with E-state index in [4.69, 9.17) is 0 Å². The summed E-state index contributed by atoms with van der Waals surface area (Å²) < 4.78 is 29.7. The van der Waals surface area contributed by atoms with E-state index < -0.39 is 28.5 Å². The molecule has 2 amide bonds. The second kappa shape index (κ2) is 15.0. The number of amides is 2. The van der Waals surface area contributed by atoms with Crippen LogP contribution in [-0.2, 0) is 26.0 Å². The van der Waals surface area contributed by atoms with Crippen molar-refractivity contribution < 1.29 is 18.0 Å². The molecule has 7 nitrogen and oxygen atoms in total. The molecule has 0 aliphatic heterocycles. The van der Waals surface area contributed by atoms with Gasteiger partial charge >= 0.3 is 0 Å². The first kappa shape index (κ1) is 31.4. The van der Waals surface area contributed by atoms with E-state index in [1.807, 2.05) is 51.1 Å². The first-order valence-electron chi connectivity index (χ1n) is 13.6. The molecule has 0 spiro atoms. The zero-order valence-electron chi connectivity index (χ0n) is 23.3. The molecule has 9 heteroatoms. The number of nitrogens with zero attached hydrogens (tertiary/aromatic N) is 2. The number of hydrogen-bond acceptors (Lipinski definition) is 4. The van der Waals surface area contributed by atoms with Gasteiger partial charge in [0.2, 0.25) is 11.8 Å². The minimum Gasteiger partial charge on any atom is -0.354 e. The number of nitrogens with one attached hydrogen (secondary N) is 1. The molecule has 214 valence electrons. The van der Waals surface area contributed by atoms with Gasteiger partial charge in [0, 0.05) is 17.6 Å². The largest absolute Gasteiger partial charge is 0.354 e. The Morgan fingerprint density at radius 1 is 0.925 bits per heavy atom. The summed E-state index contributed by atoms with van der Waals surface area (Å²) in [4.78, 5) is 28.8. The van der Waals surface area contributed by atoms with Gasteiger partial charge in [-0.3, -0.25) is 13.9 Å². The maximum Gasteiger partial charge on any atom is 0.264 e. The van der Waals surface area contributed by atoms with E-state index in [9.17, 15) is 18.0 Å². The second-order valence-corrected chi connectivity index (χ2v) is 12.5. The van der Waals surface area contributed by atoms with Crippen molar-refractivity contribution in [3.8, 4) is 0 Å². The molecule has 0 aliphatic rings. The molecule has 0 saturated heterocycles. The molecule has 1 N–H and O–H groups in total. The molecule has 0 radical (unpaired) electrons. The topological polar surface area (TPSA) is 86.8 Å². The summed E-state index contributed by atoms with van der Waals surface area (Å²) in [7, 11) is -4.08. The highest BCUT2D eigenvalue weighted by molar-refractivity contribution is 9.10. The van der Waals surface area contributed by atoms with Crippen LogP contribution in [0.3, 0.4) is 0 Å². The monoisotopic (exact) mass is 627 g/mol. The van der Waals surface area contributed by atoms with Crippen LogP contribution in [0.5, 0.6) is 0 Å². The molecule has 3 rings (SSSR count). The van der Waals surface area contributed by atoms with Gasteiger partial charge in [0.1, 0.15) is 12.6 Å². The standard InChI is InChI=1S/C31H38BrN3O4S/c1-4-6-21-33-31(37)29(5-2)34(22-20-25-10-8-7-9-11-25)30(36)23-35(27-16-14-26(32)15-17-27)40(38,39)28-18-12-24(3)13-19-28/h7-19,29H,4-6,20-23H2,1-3H3,(H,33,37)/t29-/m1/s1. The fraction of sp³-hybridized carbons (Fsp3) is 0.355. The summed E-state index contributed by atoms with van der Waals surface area (Å²) in [5.41, 5.74) is 2.32. The van der Waals surface area contributed by atoms with E-state index in [-0.39, 0.29) is 17.3 Å². The first-order chi connectivity index (χ1) is 19.2. The third-order valence-electron chi connectivity index (χ3n) is 6.70. The maximum atomic E-state index is 14.0. The molecule has 3 aromatic rings. The molecule has 0 aliphatic carbocycles. The van der Waals surface area contributed by atoms with E-state index in [1.165, 1.54) is 4.90 Å². The fourth-order valence-electron chi connectivity index (χ4n) is 4.38. The third-order valence-corrected chi connectivity index (χ3v) is 9.02.